The second kappa shape index (κ2) is 8.31. The quantitative estimate of drug-likeness (QED) is 0.815. The minimum atomic E-state index is -0.744. The molecule has 1 atom stereocenters. The SMILES string of the molecule is CC(C)CN1CC(NC(=O)c2ccncc2F)C(=O)NC2(CCOCC2)C1. The summed E-state index contributed by atoms with van der Waals surface area (Å²) in [7, 11) is 0. The normalized spacial score (nSPS) is 23.1. The fourth-order valence-corrected chi connectivity index (χ4v) is 3.83. The van der Waals surface area contributed by atoms with Gasteiger partial charge in [-0.15, -0.1) is 0 Å². The van der Waals surface area contributed by atoms with Crippen LogP contribution in [0.4, 0.5) is 4.39 Å². The Morgan fingerprint density at radius 1 is 1.48 bits per heavy atom. The van der Waals surface area contributed by atoms with Crippen molar-refractivity contribution in [3.63, 3.8) is 0 Å². The Labute approximate surface area is 158 Å². The Hall–Kier alpha value is -2.06. The highest BCUT2D eigenvalue weighted by Crippen LogP contribution is 2.25. The van der Waals surface area contributed by atoms with Gasteiger partial charge in [0.15, 0.2) is 5.82 Å². The Bertz CT molecular complexity index is 691. The van der Waals surface area contributed by atoms with Gasteiger partial charge in [-0.1, -0.05) is 13.8 Å². The number of nitrogens with zero attached hydrogens (tertiary/aromatic N) is 2. The molecule has 0 radical (unpaired) electrons. The van der Waals surface area contributed by atoms with Crippen molar-refractivity contribution in [1.82, 2.24) is 20.5 Å². The largest absolute Gasteiger partial charge is 0.381 e. The van der Waals surface area contributed by atoms with Gasteiger partial charge in [0.05, 0.1) is 17.3 Å². The van der Waals surface area contributed by atoms with Gasteiger partial charge in [0, 0.05) is 39.0 Å². The first-order chi connectivity index (χ1) is 12.9. The second-order valence-corrected chi connectivity index (χ2v) is 7.85. The Morgan fingerprint density at radius 3 is 2.89 bits per heavy atom. The van der Waals surface area contributed by atoms with E-state index in [1.54, 1.807) is 0 Å². The van der Waals surface area contributed by atoms with Gasteiger partial charge in [-0.2, -0.15) is 0 Å². The molecule has 2 aliphatic heterocycles. The van der Waals surface area contributed by atoms with Crippen molar-refractivity contribution >= 4 is 11.8 Å². The number of hydrogen-bond donors (Lipinski definition) is 2. The number of aromatic nitrogens is 1. The van der Waals surface area contributed by atoms with E-state index in [0.717, 1.165) is 32.1 Å². The van der Waals surface area contributed by atoms with Gasteiger partial charge in [-0.05, 0) is 24.8 Å². The van der Waals surface area contributed by atoms with Crippen LogP contribution in [0.2, 0.25) is 0 Å². The molecule has 7 nitrogen and oxygen atoms in total. The molecule has 2 amide bonds. The standard InChI is InChI=1S/C19H27FN4O3/c1-13(2)10-24-11-16(22-17(25)14-3-6-21-9-15(14)20)18(26)23-19(12-24)4-7-27-8-5-19/h3,6,9,13,16H,4-5,7-8,10-12H2,1-2H3,(H,22,25)(H,23,26). The lowest BCUT2D eigenvalue weighted by atomic mass is 9.89. The van der Waals surface area contributed by atoms with Crippen LogP contribution in [0.3, 0.4) is 0 Å². The molecule has 2 N–H and O–H groups in total. The van der Waals surface area contributed by atoms with Crippen molar-refractivity contribution < 1.29 is 18.7 Å². The van der Waals surface area contributed by atoms with Gasteiger partial charge in [0.2, 0.25) is 5.91 Å². The lowest BCUT2D eigenvalue weighted by molar-refractivity contribution is -0.125. The zero-order valence-electron chi connectivity index (χ0n) is 15.8. The van der Waals surface area contributed by atoms with E-state index >= 15 is 0 Å². The van der Waals surface area contributed by atoms with Crippen LogP contribution in [0.5, 0.6) is 0 Å². The molecular weight excluding hydrogens is 351 g/mol. The van der Waals surface area contributed by atoms with E-state index in [0.29, 0.717) is 25.7 Å². The van der Waals surface area contributed by atoms with Crippen LogP contribution in [0.25, 0.3) is 0 Å². The molecule has 0 bridgehead atoms. The number of carbonyl (C=O) groups is 2. The number of nitrogens with one attached hydrogen (secondary N) is 2. The van der Waals surface area contributed by atoms with Gasteiger partial charge >= 0.3 is 0 Å². The average Bonchev–Trinajstić information content (AvgIpc) is 2.72. The maximum absolute atomic E-state index is 13.9. The number of carbonyl (C=O) groups excluding carboxylic acids is 2. The molecule has 0 saturated carbocycles. The van der Waals surface area contributed by atoms with E-state index < -0.39 is 17.8 Å². The summed E-state index contributed by atoms with van der Waals surface area (Å²) in [6.45, 7) is 7.38. The zero-order chi connectivity index (χ0) is 19.4. The van der Waals surface area contributed by atoms with Crippen molar-refractivity contribution in [2.75, 3.05) is 32.8 Å². The minimum absolute atomic E-state index is 0.113. The van der Waals surface area contributed by atoms with Gasteiger partial charge in [-0.3, -0.25) is 19.5 Å². The number of rotatable bonds is 4. The van der Waals surface area contributed by atoms with Gasteiger partial charge in [0.1, 0.15) is 6.04 Å². The summed E-state index contributed by atoms with van der Waals surface area (Å²) >= 11 is 0. The first-order valence-electron chi connectivity index (χ1n) is 9.41. The van der Waals surface area contributed by atoms with Crippen LogP contribution in [0, 0.1) is 11.7 Å². The molecule has 2 aliphatic rings. The highest BCUT2D eigenvalue weighted by molar-refractivity contribution is 5.97. The predicted octanol–water partition coefficient (Wildman–Crippen LogP) is 0.956. The molecule has 1 unspecified atom stereocenters. The maximum atomic E-state index is 13.9. The summed E-state index contributed by atoms with van der Waals surface area (Å²) in [5.41, 5.74) is -0.454. The molecule has 27 heavy (non-hydrogen) atoms. The number of hydrogen-bond acceptors (Lipinski definition) is 5. The molecule has 2 saturated heterocycles. The Morgan fingerprint density at radius 2 is 2.22 bits per heavy atom. The van der Waals surface area contributed by atoms with Crippen LogP contribution in [-0.4, -0.2) is 66.1 Å². The van der Waals surface area contributed by atoms with Gasteiger partial charge in [-0.25, -0.2) is 4.39 Å². The predicted molar refractivity (Wildman–Crippen MR) is 97.7 cm³/mol. The molecule has 3 heterocycles. The van der Waals surface area contributed by atoms with Crippen molar-refractivity contribution in [2.45, 2.75) is 38.3 Å². The monoisotopic (exact) mass is 378 g/mol. The van der Waals surface area contributed by atoms with E-state index in [1.165, 1.54) is 12.3 Å². The fraction of sp³-hybridized carbons (Fsp3) is 0.632. The van der Waals surface area contributed by atoms with Crippen LogP contribution in [0.1, 0.15) is 37.0 Å². The number of halogens is 1. The van der Waals surface area contributed by atoms with Crippen molar-refractivity contribution in [2.24, 2.45) is 5.92 Å². The maximum Gasteiger partial charge on any atom is 0.255 e. The Balaban J connectivity index is 1.78. The highest BCUT2D eigenvalue weighted by atomic mass is 19.1. The van der Waals surface area contributed by atoms with Crippen molar-refractivity contribution in [1.29, 1.82) is 0 Å². The van der Waals surface area contributed by atoms with Gasteiger partial charge in [0.25, 0.3) is 5.91 Å². The van der Waals surface area contributed by atoms with Crippen LogP contribution < -0.4 is 10.6 Å². The molecule has 3 rings (SSSR count). The molecule has 1 aromatic heterocycles. The summed E-state index contributed by atoms with van der Waals surface area (Å²) in [5.74, 6) is -1.12. The summed E-state index contributed by atoms with van der Waals surface area (Å²) < 4.78 is 19.3. The minimum Gasteiger partial charge on any atom is -0.381 e. The third-order valence-electron chi connectivity index (χ3n) is 5.07. The number of ether oxygens (including phenoxy) is 1. The molecule has 2 fully saturated rings. The molecule has 1 spiro atoms. The first-order valence-corrected chi connectivity index (χ1v) is 9.41. The van der Waals surface area contributed by atoms with Crippen LogP contribution >= 0.6 is 0 Å². The van der Waals surface area contributed by atoms with E-state index in [4.69, 9.17) is 4.74 Å². The summed E-state index contributed by atoms with van der Waals surface area (Å²) in [5, 5.41) is 5.84. The second-order valence-electron chi connectivity index (χ2n) is 7.85. The Kier molecular flexibility index (Phi) is 6.06. The topological polar surface area (TPSA) is 83.6 Å². The van der Waals surface area contributed by atoms with Crippen LogP contribution in [0.15, 0.2) is 18.5 Å². The third-order valence-corrected chi connectivity index (χ3v) is 5.07. The third kappa shape index (κ3) is 4.81. The zero-order valence-corrected chi connectivity index (χ0v) is 15.8. The molecule has 0 aliphatic carbocycles. The van der Waals surface area contributed by atoms with E-state index in [1.807, 2.05) is 0 Å². The smallest absolute Gasteiger partial charge is 0.255 e. The van der Waals surface area contributed by atoms with E-state index in [-0.39, 0.29) is 17.0 Å². The summed E-state index contributed by atoms with van der Waals surface area (Å²) in [4.78, 5) is 31.2. The van der Waals surface area contributed by atoms with Crippen LogP contribution in [-0.2, 0) is 9.53 Å². The van der Waals surface area contributed by atoms with E-state index in [2.05, 4.69) is 34.4 Å². The summed E-state index contributed by atoms with van der Waals surface area (Å²) in [6.07, 6.45) is 3.83. The molecular formula is C19H27FN4O3. The van der Waals surface area contributed by atoms with E-state index in [9.17, 15) is 14.0 Å². The molecule has 1 aromatic rings. The highest BCUT2D eigenvalue weighted by Gasteiger charge is 2.41. The average molecular weight is 378 g/mol. The lowest BCUT2D eigenvalue weighted by Crippen LogP contribution is -2.57. The molecule has 8 heteroatoms. The molecule has 0 aromatic carbocycles. The van der Waals surface area contributed by atoms with Crippen molar-refractivity contribution in [3.8, 4) is 0 Å². The number of amides is 2. The molecule has 148 valence electrons. The first kappa shape index (κ1) is 19.7. The number of pyridine rings is 1. The summed E-state index contributed by atoms with van der Waals surface area (Å²) in [6, 6.07) is 0.566. The fourth-order valence-electron chi connectivity index (χ4n) is 3.83. The van der Waals surface area contributed by atoms with Gasteiger partial charge < -0.3 is 15.4 Å². The van der Waals surface area contributed by atoms with Crippen molar-refractivity contribution in [3.05, 3.63) is 29.8 Å². The lowest BCUT2D eigenvalue weighted by Gasteiger charge is -2.39.